The van der Waals surface area contributed by atoms with Gasteiger partial charge in [-0.1, -0.05) is 0 Å². The van der Waals surface area contributed by atoms with Crippen molar-refractivity contribution in [2.24, 2.45) is 0 Å². The van der Waals surface area contributed by atoms with Gasteiger partial charge in [0.15, 0.2) is 5.82 Å². The van der Waals surface area contributed by atoms with Crippen molar-refractivity contribution in [3.8, 4) is 0 Å². The molecule has 11 heavy (non-hydrogen) atoms. The van der Waals surface area contributed by atoms with Crippen molar-refractivity contribution in [1.82, 2.24) is 4.98 Å². The largest absolute Gasteiger partial charge is 0.312 e. The van der Waals surface area contributed by atoms with Gasteiger partial charge < -0.3 is 4.85 Å². The van der Waals surface area contributed by atoms with Crippen molar-refractivity contribution >= 4 is 0 Å². The first kappa shape index (κ1) is 7.61. The Balaban J connectivity index is 3.08. The van der Waals surface area contributed by atoms with E-state index in [0.29, 0.717) is 0 Å². The fourth-order valence-electron chi connectivity index (χ4n) is 0.662. The van der Waals surface area contributed by atoms with Gasteiger partial charge in [-0.05, 0) is 6.07 Å². The summed E-state index contributed by atoms with van der Waals surface area (Å²) >= 11 is 0. The van der Waals surface area contributed by atoms with Crippen LogP contribution in [-0.2, 0) is 6.54 Å². The lowest BCUT2D eigenvalue weighted by molar-refractivity contribution is 0.472. The third-order valence-corrected chi connectivity index (χ3v) is 1.18. The molecule has 1 heterocycles. The first-order chi connectivity index (χ1) is 5.25. The molecule has 0 unspecified atom stereocenters. The van der Waals surface area contributed by atoms with Gasteiger partial charge in [-0.2, -0.15) is 4.39 Å². The Morgan fingerprint density at radius 1 is 1.55 bits per heavy atom. The van der Waals surface area contributed by atoms with Gasteiger partial charge in [-0.25, -0.2) is 15.9 Å². The molecule has 1 aromatic heterocycles. The van der Waals surface area contributed by atoms with Gasteiger partial charge in [0, 0.05) is 6.20 Å². The first-order valence-corrected chi connectivity index (χ1v) is 2.88. The summed E-state index contributed by atoms with van der Waals surface area (Å²) in [4.78, 5) is 6.00. The van der Waals surface area contributed by atoms with Crippen molar-refractivity contribution in [2.45, 2.75) is 6.54 Å². The lowest BCUT2D eigenvalue weighted by Gasteiger charge is -1.93. The molecular weight excluding hydrogens is 150 g/mol. The lowest BCUT2D eigenvalue weighted by Crippen LogP contribution is -1.94. The Labute approximate surface area is 62.3 Å². The highest BCUT2D eigenvalue weighted by atomic mass is 19.2. The highest BCUT2D eigenvalue weighted by Crippen LogP contribution is 2.09. The van der Waals surface area contributed by atoms with E-state index < -0.39 is 11.8 Å². The summed E-state index contributed by atoms with van der Waals surface area (Å²) in [7, 11) is 0. The molecule has 1 aromatic rings. The fraction of sp³-hybridized carbons (Fsp3) is 0.143. The molecule has 2 nitrogen and oxygen atoms in total. The standard InChI is InChI=1S/C7H4F2N2/c1-10-4-5-2-3-11-7(9)6(5)8/h2-3H,4H2. The number of nitrogens with zero attached hydrogens (tertiary/aromatic N) is 2. The van der Waals surface area contributed by atoms with Crippen LogP contribution in [0.25, 0.3) is 4.85 Å². The summed E-state index contributed by atoms with van der Waals surface area (Å²) in [5.41, 5.74) is 0.0486. The van der Waals surface area contributed by atoms with Gasteiger partial charge in [0.05, 0.1) is 5.56 Å². The monoisotopic (exact) mass is 154 g/mol. The predicted molar refractivity (Wildman–Crippen MR) is 34.5 cm³/mol. The molecule has 0 aliphatic rings. The van der Waals surface area contributed by atoms with E-state index in [4.69, 9.17) is 6.57 Å². The lowest BCUT2D eigenvalue weighted by atomic mass is 10.2. The van der Waals surface area contributed by atoms with E-state index in [2.05, 4.69) is 9.83 Å². The van der Waals surface area contributed by atoms with E-state index in [-0.39, 0.29) is 12.1 Å². The van der Waals surface area contributed by atoms with Crippen LogP contribution in [0.15, 0.2) is 12.3 Å². The third-order valence-electron chi connectivity index (χ3n) is 1.18. The summed E-state index contributed by atoms with van der Waals surface area (Å²) < 4.78 is 24.9. The minimum Gasteiger partial charge on any atom is -0.312 e. The summed E-state index contributed by atoms with van der Waals surface area (Å²) in [5.74, 6) is -2.17. The van der Waals surface area contributed by atoms with Crippen LogP contribution in [0.3, 0.4) is 0 Å². The maximum Gasteiger partial charge on any atom is 0.249 e. The first-order valence-electron chi connectivity index (χ1n) is 2.88. The van der Waals surface area contributed by atoms with E-state index >= 15 is 0 Å². The predicted octanol–water partition coefficient (Wildman–Crippen LogP) is 1.78. The molecule has 0 aromatic carbocycles. The highest BCUT2D eigenvalue weighted by molar-refractivity contribution is 5.14. The molecule has 0 saturated heterocycles. The van der Waals surface area contributed by atoms with Crippen LogP contribution in [0.4, 0.5) is 8.78 Å². The van der Waals surface area contributed by atoms with E-state index in [1.54, 1.807) is 0 Å². The number of pyridine rings is 1. The summed E-state index contributed by atoms with van der Waals surface area (Å²) in [5, 5.41) is 0. The Hall–Kier alpha value is -1.50. The van der Waals surface area contributed by atoms with Gasteiger partial charge >= 0.3 is 0 Å². The molecular formula is C7H4F2N2. The molecule has 0 aliphatic heterocycles. The van der Waals surface area contributed by atoms with Crippen LogP contribution in [0, 0.1) is 18.3 Å². The fourth-order valence-corrected chi connectivity index (χ4v) is 0.662. The minimum absolute atomic E-state index is 0.0486. The maximum absolute atomic E-state index is 12.6. The van der Waals surface area contributed by atoms with E-state index in [1.807, 2.05) is 0 Å². The molecule has 0 aliphatic carbocycles. The Bertz CT molecular complexity index is 304. The van der Waals surface area contributed by atoms with Crippen LogP contribution in [0.2, 0.25) is 0 Å². The molecule has 1 rings (SSSR count). The quantitative estimate of drug-likeness (QED) is 0.445. The van der Waals surface area contributed by atoms with E-state index in [0.717, 1.165) is 6.20 Å². The summed E-state index contributed by atoms with van der Waals surface area (Å²) in [6.45, 7) is 6.28. The average molecular weight is 154 g/mol. The van der Waals surface area contributed by atoms with Crippen LogP contribution >= 0.6 is 0 Å². The summed E-state index contributed by atoms with van der Waals surface area (Å²) in [6, 6.07) is 1.29. The number of hydrogen-bond acceptors (Lipinski definition) is 1. The van der Waals surface area contributed by atoms with Crippen molar-refractivity contribution in [2.75, 3.05) is 0 Å². The van der Waals surface area contributed by atoms with Gasteiger partial charge in [0.1, 0.15) is 0 Å². The second-order valence-corrected chi connectivity index (χ2v) is 1.89. The van der Waals surface area contributed by atoms with Crippen molar-refractivity contribution in [3.05, 3.63) is 41.0 Å². The zero-order chi connectivity index (χ0) is 8.27. The molecule has 0 spiro atoms. The number of aromatic nitrogens is 1. The molecule has 0 bridgehead atoms. The molecule has 0 N–H and O–H groups in total. The molecule has 0 atom stereocenters. The zero-order valence-corrected chi connectivity index (χ0v) is 5.51. The van der Waals surface area contributed by atoms with Gasteiger partial charge in [0.2, 0.25) is 12.5 Å². The molecule has 0 saturated carbocycles. The normalized spacial score (nSPS) is 9.18. The van der Waals surface area contributed by atoms with Gasteiger partial charge in [-0.15, -0.1) is 0 Å². The molecule has 0 fully saturated rings. The van der Waals surface area contributed by atoms with Crippen molar-refractivity contribution in [3.63, 3.8) is 0 Å². The average Bonchev–Trinajstić information content (AvgIpc) is 1.99. The topological polar surface area (TPSA) is 17.2 Å². The Morgan fingerprint density at radius 3 is 2.91 bits per heavy atom. The smallest absolute Gasteiger partial charge is 0.249 e. The zero-order valence-electron chi connectivity index (χ0n) is 5.51. The number of rotatable bonds is 1. The van der Waals surface area contributed by atoms with Crippen LogP contribution < -0.4 is 0 Å². The van der Waals surface area contributed by atoms with E-state index in [1.165, 1.54) is 6.07 Å². The molecule has 0 radical (unpaired) electrons. The highest BCUT2D eigenvalue weighted by Gasteiger charge is 2.09. The maximum atomic E-state index is 12.6. The van der Waals surface area contributed by atoms with Crippen LogP contribution in [0.1, 0.15) is 5.56 Å². The molecule has 0 amide bonds. The minimum atomic E-state index is -1.15. The second-order valence-electron chi connectivity index (χ2n) is 1.89. The van der Waals surface area contributed by atoms with E-state index in [9.17, 15) is 8.78 Å². The Morgan fingerprint density at radius 2 is 2.27 bits per heavy atom. The Kier molecular flexibility index (Phi) is 2.12. The van der Waals surface area contributed by atoms with Gasteiger partial charge in [-0.3, -0.25) is 0 Å². The second kappa shape index (κ2) is 3.06. The third kappa shape index (κ3) is 1.49. The summed E-state index contributed by atoms with van der Waals surface area (Å²) in [6.07, 6.45) is 1.14. The van der Waals surface area contributed by atoms with Crippen molar-refractivity contribution < 1.29 is 8.78 Å². The molecule has 4 heteroatoms. The number of hydrogen-bond donors (Lipinski definition) is 0. The van der Waals surface area contributed by atoms with Crippen LogP contribution in [-0.4, -0.2) is 4.98 Å². The SMILES string of the molecule is [C-]#[N+]Cc1ccnc(F)c1F. The van der Waals surface area contributed by atoms with Crippen molar-refractivity contribution in [1.29, 1.82) is 0 Å². The van der Waals surface area contributed by atoms with Gasteiger partial charge in [0.25, 0.3) is 0 Å². The number of halogens is 2. The van der Waals surface area contributed by atoms with Crippen LogP contribution in [0.5, 0.6) is 0 Å². The molecule has 56 valence electrons.